The number of carbonyl (C=O) groups is 4. The predicted molar refractivity (Wildman–Crippen MR) is 135 cm³/mol. The molecule has 202 valence electrons. The first-order valence-electron chi connectivity index (χ1n) is 12.4. The third kappa shape index (κ3) is 14.2. The molecule has 0 saturated carbocycles. The Labute approximate surface area is 214 Å². The number of nitrogens with zero attached hydrogens (tertiary/aromatic N) is 1. The first kappa shape index (κ1) is 30.7. The molecule has 3 amide bonds. The number of hydrogen-bond donors (Lipinski definition) is 2. The van der Waals surface area contributed by atoms with Crippen molar-refractivity contribution in [1.29, 1.82) is 0 Å². The molecule has 1 aromatic carbocycles. The van der Waals surface area contributed by atoms with Gasteiger partial charge < -0.3 is 29.7 Å². The van der Waals surface area contributed by atoms with Crippen LogP contribution in [0.2, 0.25) is 0 Å². The Balaban J connectivity index is 2.60. The van der Waals surface area contributed by atoms with Gasteiger partial charge in [-0.15, -0.1) is 0 Å². The van der Waals surface area contributed by atoms with Crippen LogP contribution in [0.25, 0.3) is 0 Å². The molecule has 0 radical (unpaired) electrons. The van der Waals surface area contributed by atoms with E-state index in [1.165, 1.54) is 4.90 Å². The van der Waals surface area contributed by atoms with Crippen LogP contribution in [0.1, 0.15) is 65.9 Å². The maximum atomic E-state index is 12.4. The van der Waals surface area contributed by atoms with Crippen molar-refractivity contribution in [3.63, 3.8) is 0 Å². The number of hydrogen-bond acceptors (Lipinski definition) is 7. The van der Waals surface area contributed by atoms with E-state index in [1.54, 1.807) is 34.6 Å². The molecular formula is C26H41N3O7. The van der Waals surface area contributed by atoms with Gasteiger partial charge in [0.05, 0.1) is 6.61 Å². The summed E-state index contributed by atoms with van der Waals surface area (Å²) >= 11 is 0. The van der Waals surface area contributed by atoms with Crippen molar-refractivity contribution in [3.05, 3.63) is 35.9 Å². The maximum Gasteiger partial charge on any atom is 0.407 e. The van der Waals surface area contributed by atoms with Gasteiger partial charge in [-0.25, -0.2) is 9.59 Å². The van der Waals surface area contributed by atoms with E-state index in [9.17, 15) is 19.2 Å². The third-order valence-electron chi connectivity index (χ3n) is 4.90. The lowest BCUT2D eigenvalue weighted by Crippen LogP contribution is -2.48. The molecule has 0 aliphatic rings. The molecule has 10 nitrogen and oxygen atoms in total. The number of carbonyl (C=O) groups excluding carboxylic acids is 4. The van der Waals surface area contributed by atoms with Crippen LogP contribution in [-0.4, -0.2) is 66.8 Å². The highest BCUT2D eigenvalue weighted by atomic mass is 16.6. The third-order valence-corrected chi connectivity index (χ3v) is 4.90. The minimum absolute atomic E-state index is 0.136. The summed E-state index contributed by atoms with van der Waals surface area (Å²) in [5.41, 5.74) is 0.223. The zero-order chi connectivity index (χ0) is 27.0. The fourth-order valence-corrected chi connectivity index (χ4v) is 3.27. The second-order valence-corrected chi connectivity index (χ2v) is 9.26. The van der Waals surface area contributed by atoms with Crippen LogP contribution in [-0.2, 0) is 30.4 Å². The van der Waals surface area contributed by atoms with Crippen LogP contribution in [0.3, 0.4) is 0 Å². The van der Waals surface area contributed by atoms with Crippen molar-refractivity contribution in [2.75, 3.05) is 26.2 Å². The summed E-state index contributed by atoms with van der Waals surface area (Å²) in [7, 11) is 0. The molecule has 36 heavy (non-hydrogen) atoms. The summed E-state index contributed by atoms with van der Waals surface area (Å²) in [6.45, 7) is 9.44. The minimum Gasteiger partial charge on any atom is -0.465 e. The number of alkyl carbamates (subject to hydrolysis) is 2. The fourth-order valence-electron chi connectivity index (χ4n) is 3.27. The summed E-state index contributed by atoms with van der Waals surface area (Å²) in [4.78, 5) is 50.1. The summed E-state index contributed by atoms with van der Waals surface area (Å²) in [6.07, 6.45) is 0.898. The number of esters is 1. The smallest absolute Gasteiger partial charge is 0.407 e. The molecular weight excluding hydrogens is 466 g/mol. The number of unbranched alkanes of at least 4 members (excludes halogenated alkanes) is 1. The molecule has 2 N–H and O–H groups in total. The molecule has 0 aliphatic carbocycles. The minimum atomic E-state index is -0.678. The Hall–Kier alpha value is -3.30. The summed E-state index contributed by atoms with van der Waals surface area (Å²) in [6, 6.07) is 8.94. The van der Waals surface area contributed by atoms with E-state index in [2.05, 4.69) is 10.6 Å². The van der Waals surface area contributed by atoms with E-state index in [-0.39, 0.29) is 38.6 Å². The Kier molecular flexibility index (Phi) is 14.0. The number of benzene rings is 1. The van der Waals surface area contributed by atoms with Gasteiger partial charge in [-0.3, -0.25) is 9.59 Å². The second-order valence-electron chi connectivity index (χ2n) is 9.26. The van der Waals surface area contributed by atoms with Gasteiger partial charge in [-0.1, -0.05) is 37.3 Å². The molecule has 0 bridgehead atoms. The van der Waals surface area contributed by atoms with E-state index in [0.717, 1.165) is 5.56 Å². The molecule has 10 heteroatoms. The standard InChI is InChI=1S/C26H41N3O7/c1-6-22(30)29(18-23(31)34-7-2)17-21(28-25(33)36-26(3,4)5)15-11-12-16-27-24(32)35-19-20-13-9-8-10-14-20/h8-10,13-14,21H,6-7,11-12,15-19H2,1-5H3,(H,27,32)(H,28,33)/t21-/m0/s1. The number of nitrogens with one attached hydrogen (secondary N) is 2. The molecule has 0 aliphatic heterocycles. The van der Waals surface area contributed by atoms with Crippen LogP contribution in [0.5, 0.6) is 0 Å². The highest BCUT2D eigenvalue weighted by Gasteiger charge is 2.24. The Bertz CT molecular complexity index is 825. The van der Waals surface area contributed by atoms with Gasteiger partial charge in [0.1, 0.15) is 18.8 Å². The molecule has 0 spiro atoms. The monoisotopic (exact) mass is 507 g/mol. The van der Waals surface area contributed by atoms with Crippen LogP contribution in [0.15, 0.2) is 30.3 Å². The van der Waals surface area contributed by atoms with Gasteiger partial charge in [0, 0.05) is 25.6 Å². The van der Waals surface area contributed by atoms with Crippen LogP contribution in [0.4, 0.5) is 9.59 Å². The molecule has 0 heterocycles. The van der Waals surface area contributed by atoms with Crippen molar-refractivity contribution in [2.45, 2.75) is 78.6 Å². The topological polar surface area (TPSA) is 123 Å². The first-order valence-corrected chi connectivity index (χ1v) is 12.4. The maximum absolute atomic E-state index is 12.4. The largest absolute Gasteiger partial charge is 0.465 e. The number of rotatable bonds is 14. The van der Waals surface area contributed by atoms with Crippen molar-refractivity contribution in [1.82, 2.24) is 15.5 Å². The SMILES string of the molecule is CCOC(=O)CN(C[C@H](CCCCNC(=O)OCc1ccccc1)NC(=O)OC(C)(C)C)C(=O)CC. The zero-order valence-corrected chi connectivity index (χ0v) is 22.1. The molecule has 0 aromatic heterocycles. The highest BCUT2D eigenvalue weighted by Crippen LogP contribution is 2.10. The van der Waals surface area contributed by atoms with Crippen LogP contribution >= 0.6 is 0 Å². The second kappa shape index (κ2) is 16.4. The quantitative estimate of drug-likeness (QED) is 0.223. The fraction of sp³-hybridized carbons (Fsp3) is 0.615. The first-order chi connectivity index (χ1) is 17.0. The van der Waals surface area contributed by atoms with E-state index >= 15 is 0 Å². The van der Waals surface area contributed by atoms with Gasteiger partial charge in [0.15, 0.2) is 0 Å². The van der Waals surface area contributed by atoms with E-state index in [1.807, 2.05) is 30.3 Å². The lowest BCUT2D eigenvalue weighted by atomic mass is 10.1. The van der Waals surface area contributed by atoms with Crippen molar-refractivity contribution >= 4 is 24.1 Å². The Morgan fingerprint density at radius 3 is 2.28 bits per heavy atom. The highest BCUT2D eigenvalue weighted by molar-refractivity contribution is 5.82. The van der Waals surface area contributed by atoms with E-state index in [4.69, 9.17) is 14.2 Å². The summed E-state index contributed by atoms with van der Waals surface area (Å²) in [5.74, 6) is -0.726. The number of amides is 3. The van der Waals surface area contributed by atoms with Gasteiger partial charge in [0.25, 0.3) is 0 Å². The number of ether oxygens (including phenoxy) is 3. The van der Waals surface area contributed by atoms with Crippen molar-refractivity contribution < 1.29 is 33.4 Å². The summed E-state index contributed by atoms with van der Waals surface area (Å²) < 4.78 is 15.5. The van der Waals surface area contributed by atoms with Crippen molar-refractivity contribution in [3.8, 4) is 0 Å². The molecule has 1 aromatic rings. The van der Waals surface area contributed by atoms with Crippen LogP contribution in [0, 0.1) is 0 Å². The average Bonchev–Trinajstić information content (AvgIpc) is 2.81. The molecule has 1 rings (SSSR count). The molecule has 1 atom stereocenters. The normalized spacial score (nSPS) is 11.7. The summed E-state index contributed by atoms with van der Waals surface area (Å²) in [5, 5.41) is 5.52. The van der Waals surface area contributed by atoms with Gasteiger partial charge >= 0.3 is 18.2 Å². The van der Waals surface area contributed by atoms with Gasteiger partial charge in [-0.2, -0.15) is 0 Å². The van der Waals surface area contributed by atoms with Gasteiger partial charge in [-0.05, 0) is 52.5 Å². The predicted octanol–water partition coefficient (Wildman–Crippen LogP) is 3.78. The lowest BCUT2D eigenvalue weighted by Gasteiger charge is -2.28. The van der Waals surface area contributed by atoms with E-state index in [0.29, 0.717) is 25.8 Å². The average molecular weight is 508 g/mol. The molecule has 0 unspecified atom stereocenters. The Morgan fingerprint density at radius 1 is 0.972 bits per heavy atom. The van der Waals surface area contributed by atoms with Crippen molar-refractivity contribution in [2.24, 2.45) is 0 Å². The van der Waals surface area contributed by atoms with Crippen LogP contribution < -0.4 is 10.6 Å². The Morgan fingerprint density at radius 2 is 1.67 bits per heavy atom. The molecule has 0 saturated heterocycles. The molecule has 0 fully saturated rings. The van der Waals surface area contributed by atoms with E-state index < -0.39 is 29.8 Å². The zero-order valence-electron chi connectivity index (χ0n) is 22.1. The van der Waals surface area contributed by atoms with Gasteiger partial charge in [0.2, 0.25) is 5.91 Å². The lowest BCUT2D eigenvalue weighted by molar-refractivity contribution is -0.149.